The molecule has 5 rings (SSSR count). The lowest BCUT2D eigenvalue weighted by atomic mass is 9.89. The standard InChI is InChI=1S/C21H23N5O2S/c1-11-4-5-14-16(7-11)29-21-17(14)20(26-10-13(27)8-15(26)18(22)28)24-19(25-21)12-3-2-6-23-9-12/h2-3,6,9,11,13,15,27H,4-5,7-8,10H2,1H3,(H2,22,28)/t11-,13-,15-/m1/s1. The number of aromatic nitrogens is 3. The summed E-state index contributed by atoms with van der Waals surface area (Å²) in [4.78, 5) is 30.2. The minimum absolute atomic E-state index is 0.326. The number of hydrogen-bond acceptors (Lipinski definition) is 7. The Morgan fingerprint density at radius 2 is 2.24 bits per heavy atom. The normalized spacial score (nSPS) is 24.1. The maximum absolute atomic E-state index is 12.1. The molecule has 1 fully saturated rings. The van der Waals surface area contributed by atoms with E-state index in [0.29, 0.717) is 30.5 Å². The molecule has 4 heterocycles. The number of primary amides is 1. The summed E-state index contributed by atoms with van der Waals surface area (Å²) in [5.74, 6) is 1.50. The minimum Gasteiger partial charge on any atom is -0.391 e. The SMILES string of the molecule is C[C@@H]1CCc2c(sc3nc(-c4cccnc4)nc(N4C[C@H](O)C[C@@H]4C(N)=O)c23)C1. The average molecular weight is 410 g/mol. The Labute approximate surface area is 172 Å². The van der Waals surface area contributed by atoms with E-state index in [2.05, 4.69) is 11.9 Å². The summed E-state index contributed by atoms with van der Waals surface area (Å²) in [7, 11) is 0. The minimum atomic E-state index is -0.603. The molecular weight excluding hydrogens is 386 g/mol. The van der Waals surface area contributed by atoms with E-state index in [1.807, 2.05) is 17.0 Å². The van der Waals surface area contributed by atoms with Crippen LogP contribution in [0, 0.1) is 5.92 Å². The predicted molar refractivity (Wildman–Crippen MR) is 113 cm³/mol. The van der Waals surface area contributed by atoms with E-state index >= 15 is 0 Å². The van der Waals surface area contributed by atoms with Crippen molar-refractivity contribution in [3.8, 4) is 11.4 Å². The number of thiophene rings is 1. The lowest BCUT2D eigenvalue weighted by Crippen LogP contribution is -2.41. The number of carbonyl (C=O) groups excluding carboxylic acids is 1. The number of hydrogen-bond donors (Lipinski definition) is 2. The van der Waals surface area contributed by atoms with Gasteiger partial charge < -0.3 is 15.7 Å². The number of aliphatic hydroxyl groups is 1. The van der Waals surface area contributed by atoms with Gasteiger partial charge in [-0.2, -0.15) is 0 Å². The molecule has 1 saturated heterocycles. The van der Waals surface area contributed by atoms with E-state index in [1.165, 1.54) is 10.4 Å². The van der Waals surface area contributed by atoms with Gasteiger partial charge in [0.05, 0.1) is 11.5 Å². The molecule has 150 valence electrons. The number of anilines is 1. The lowest BCUT2D eigenvalue weighted by Gasteiger charge is -2.25. The molecule has 0 radical (unpaired) electrons. The molecule has 29 heavy (non-hydrogen) atoms. The lowest BCUT2D eigenvalue weighted by molar-refractivity contribution is -0.119. The van der Waals surface area contributed by atoms with Crippen LogP contribution in [0.1, 0.15) is 30.2 Å². The molecule has 3 aromatic rings. The Bertz CT molecular complexity index is 1080. The van der Waals surface area contributed by atoms with Crippen LogP contribution in [-0.2, 0) is 17.6 Å². The van der Waals surface area contributed by atoms with Crippen molar-refractivity contribution in [1.82, 2.24) is 15.0 Å². The van der Waals surface area contributed by atoms with Gasteiger partial charge in [-0.05, 0) is 42.9 Å². The van der Waals surface area contributed by atoms with E-state index in [9.17, 15) is 9.90 Å². The Hall–Kier alpha value is -2.58. The molecule has 3 atom stereocenters. The number of amides is 1. The molecular formula is C21H23N5O2S. The Kier molecular flexibility index (Phi) is 4.48. The van der Waals surface area contributed by atoms with Crippen LogP contribution in [-0.4, -0.2) is 44.7 Å². The van der Waals surface area contributed by atoms with Gasteiger partial charge in [-0.25, -0.2) is 9.97 Å². The highest BCUT2D eigenvalue weighted by molar-refractivity contribution is 7.19. The van der Waals surface area contributed by atoms with Gasteiger partial charge in [-0.3, -0.25) is 9.78 Å². The zero-order valence-corrected chi connectivity index (χ0v) is 17.0. The van der Waals surface area contributed by atoms with Crippen molar-refractivity contribution in [2.75, 3.05) is 11.4 Å². The number of β-amino-alcohol motifs (C(OH)–C–C–N with tert-alkyl or cyclic N) is 1. The maximum Gasteiger partial charge on any atom is 0.240 e. The largest absolute Gasteiger partial charge is 0.391 e. The third kappa shape index (κ3) is 3.16. The number of aryl methyl sites for hydroxylation is 1. The number of pyridine rings is 1. The summed E-state index contributed by atoms with van der Waals surface area (Å²) in [5.41, 5.74) is 7.79. The van der Waals surface area contributed by atoms with Crippen LogP contribution in [0.25, 0.3) is 21.6 Å². The summed E-state index contributed by atoms with van der Waals surface area (Å²) in [6.45, 7) is 2.62. The second-order valence-electron chi connectivity index (χ2n) is 8.10. The third-order valence-electron chi connectivity index (χ3n) is 5.94. The highest BCUT2D eigenvalue weighted by atomic mass is 32.1. The second kappa shape index (κ2) is 7.03. The summed E-state index contributed by atoms with van der Waals surface area (Å²) in [6.07, 6.45) is 6.33. The molecule has 0 unspecified atom stereocenters. The number of nitrogens with two attached hydrogens (primary N) is 1. The van der Waals surface area contributed by atoms with Crippen LogP contribution in [0.2, 0.25) is 0 Å². The summed E-state index contributed by atoms with van der Waals surface area (Å²) in [6, 6.07) is 3.22. The molecule has 3 N–H and O–H groups in total. The highest BCUT2D eigenvalue weighted by Crippen LogP contribution is 2.43. The molecule has 8 heteroatoms. The first-order valence-electron chi connectivity index (χ1n) is 9.98. The number of nitrogens with zero attached hydrogens (tertiary/aromatic N) is 4. The topological polar surface area (TPSA) is 105 Å². The average Bonchev–Trinajstić information content (AvgIpc) is 3.27. The molecule has 7 nitrogen and oxygen atoms in total. The summed E-state index contributed by atoms with van der Waals surface area (Å²) >= 11 is 1.72. The highest BCUT2D eigenvalue weighted by Gasteiger charge is 2.38. The van der Waals surface area contributed by atoms with Crippen LogP contribution < -0.4 is 10.6 Å². The first-order chi connectivity index (χ1) is 14.0. The van der Waals surface area contributed by atoms with Gasteiger partial charge in [-0.1, -0.05) is 6.92 Å². The van der Waals surface area contributed by atoms with Crippen molar-refractivity contribution in [3.63, 3.8) is 0 Å². The van der Waals surface area contributed by atoms with E-state index in [4.69, 9.17) is 15.7 Å². The molecule has 0 aromatic carbocycles. The number of fused-ring (bicyclic) bond motifs is 3. The second-order valence-corrected chi connectivity index (χ2v) is 9.19. The van der Waals surface area contributed by atoms with Gasteiger partial charge in [0, 0.05) is 35.8 Å². The number of aliphatic hydroxyl groups excluding tert-OH is 1. The van der Waals surface area contributed by atoms with Gasteiger partial charge in [-0.15, -0.1) is 11.3 Å². The van der Waals surface area contributed by atoms with Crippen LogP contribution >= 0.6 is 11.3 Å². The Morgan fingerprint density at radius 1 is 1.38 bits per heavy atom. The monoisotopic (exact) mass is 409 g/mol. The Balaban J connectivity index is 1.74. The van der Waals surface area contributed by atoms with Crippen molar-refractivity contribution < 1.29 is 9.90 Å². The quantitative estimate of drug-likeness (QED) is 0.688. The first-order valence-corrected chi connectivity index (χ1v) is 10.8. The van der Waals surface area contributed by atoms with Gasteiger partial charge in [0.25, 0.3) is 0 Å². The van der Waals surface area contributed by atoms with Crippen molar-refractivity contribution in [1.29, 1.82) is 0 Å². The van der Waals surface area contributed by atoms with Crippen LogP contribution in [0.15, 0.2) is 24.5 Å². The van der Waals surface area contributed by atoms with Crippen LogP contribution in [0.3, 0.4) is 0 Å². The van der Waals surface area contributed by atoms with Crippen LogP contribution in [0.4, 0.5) is 5.82 Å². The molecule has 0 saturated carbocycles. The van der Waals surface area contributed by atoms with Gasteiger partial charge in [0.2, 0.25) is 5.91 Å². The molecule has 3 aromatic heterocycles. The van der Waals surface area contributed by atoms with Gasteiger partial charge >= 0.3 is 0 Å². The van der Waals surface area contributed by atoms with Crippen molar-refractivity contribution in [2.24, 2.45) is 11.7 Å². The van der Waals surface area contributed by atoms with E-state index < -0.39 is 18.1 Å². The fourth-order valence-electron chi connectivity index (χ4n) is 4.47. The predicted octanol–water partition coefficient (Wildman–Crippen LogP) is 2.30. The maximum atomic E-state index is 12.1. The molecule has 2 aliphatic rings. The zero-order chi connectivity index (χ0) is 20.1. The zero-order valence-electron chi connectivity index (χ0n) is 16.2. The number of rotatable bonds is 3. The first kappa shape index (κ1) is 18.4. The van der Waals surface area contributed by atoms with E-state index in [1.54, 1.807) is 23.7 Å². The van der Waals surface area contributed by atoms with E-state index in [0.717, 1.165) is 35.0 Å². The molecule has 1 amide bonds. The molecule has 0 bridgehead atoms. The molecule has 0 spiro atoms. The molecule has 1 aliphatic carbocycles. The van der Waals surface area contributed by atoms with Crippen molar-refractivity contribution >= 4 is 33.3 Å². The third-order valence-corrected chi connectivity index (χ3v) is 7.08. The smallest absolute Gasteiger partial charge is 0.240 e. The fourth-order valence-corrected chi connectivity index (χ4v) is 5.85. The number of carbonyl (C=O) groups is 1. The summed E-state index contributed by atoms with van der Waals surface area (Å²) < 4.78 is 0. The van der Waals surface area contributed by atoms with Crippen molar-refractivity contribution in [3.05, 3.63) is 35.0 Å². The Morgan fingerprint density at radius 3 is 3.00 bits per heavy atom. The van der Waals surface area contributed by atoms with E-state index in [-0.39, 0.29) is 0 Å². The molecule has 1 aliphatic heterocycles. The van der Waals surface area contributed by atoms with Crippen LogP contribution in [0.5, 0.6) is 0 Å². The summed E-state index contributed by atoms with van der Waals surface area (Å²) in [5, 5.41) is 11.3. The van der Waals surface area contributed by atoms with Crippen molar-refractivity contribution in [2.45, 2.75) is 44.8 Å². The fraction of sp³-hybridized carbons (Fsp3) is 0.429. The van der Waals surface area contributed by atoms with Gasteiger partial charge in [0.15, 0.2) is 5.82 Å². The van der Waals surface area contributed by atoms with Gasteiger partial charge in [0.1, 0.15) is 16.7 Å².